The van der Waals surface area contributed by atoms with Gasteiger partial charge in [0, 0.05) is 25.2 Å². The molecule has 1 amide bonds. The predicted molar refractivity (Wildman–Crippen MR) is 107 cm³/mol. The Balaban J connectivity index is 1.62. The van der Waals surface area contributed by atoms with E-state index in [1.54, 1.807) is 26.0 Å². The molecule has 0 aliphatic carbocycles. The lowest BCUT2D eigenvalue weighted by Crippen LogP contribution is -2.23. The van der Waals surface area contributed by atoms with Gasteiger partial charge >= 0.3 is 0 Å². The number of aryl methyl sites for hydroxylation is 3. The van der Waals surface area contributed by atoms with Crippen molar-refractivity contribution in [1.82, 2.24) is 9.97 Å². The maximum absolute atomic E-state index is 12.9. The Labute approximate surface area is 164 Å². The fraction of sp³-hybridized carbons (Fsp3) is 0.421. The van der Waals surface area contributed by atoms with Crippen LogP contribution in [0.1, 0.15) is 36.2 Å². The van der Waals surface area contributed by atoms with Crippen LogP contribution in [-0.4, -0.2) is 37.4 Å². The molecule has 0 unspecified atom stereocenters. The van der Waals surface area contributed by atoms with Crippen LogP contribution in [-0.2, 0) is 21.2 Å². The largest absolute Gasteiger partial charge is 0.341 e. The van der Waals surface area contributed by atoms with Crippen molar-refractivity contribution in [3.8, 4) is 0 Å². The number of sulfonamides is 1. The highest BCUT2D eigenvalue weighted by Crippen LogP contribution is 2.28. The minimum absolute atomic E-state index is 0.0530. The molecule has 0 spiro atoms. The Bertz CT molecular complexity index is 1020. The first-order valence-corrected chi connectivity index (χ1v) is 10.9. The lowest BCUT2D eigenvalue weighted by Gasteiger charge is -2.20. The van der Waals surface area contributed by atoms with E-state index in [1.165, 1.54) is 6.07 Å². The molecule has 2 N–H and O–H groups in total. The molecule has 0 saturated carbocycles. The molecule has 28 heavy (non-hydrogen) atoms. The van der Waals surface area contributed by atoms with Crippen LogP contribution in [0.4, 0.5) is 17.3 Å². The molecule has 1 fully saturated rings. The number of benzene rings is 1. The molecular weight excluding hydrogens is 378 g/mol. The second kappa shape index (κ2) is 7.05. The van der Waals surface area contributed by atoms with E-state index in [1.807, 2.05) is 0 Å². The zero-order chi connectivity index (χ0) is 19.9. The van der Waals surface area contributed by atoms with Gasteiger partial charge in [-0.2, -0.15) is 0 Å². The van der Waals surface area contributed by atoms with E-state index in [4.69, 9.17) is 0 Å². The van der Waals surface area contributed by atoms with Gasteiger partial charge in [0.15, 0.2) is 0 Å². The standard InChI is InChI=1S/C19H23N5O3S/c1-12-18(13(2)21-19(20-12)24-9-3-4-10-24)23-28(26,27)15-6-7-16-14(11-15)5-8-17(25)22-16/h6-7,11,23H,3-5,8-10H2,1-2H3,(H,22,25). The van der Waals surface area contributed by atoms with Crippen molar-refractivity contribution in [2.45, 2.75) is 44.4 Å². The molecule has 0 radical (unpaired) electrons. The number of hydrogen-bond acceptors (Lipinski definition) is 6. The van der Waals surface area contributed by atoms with Crippen molar-refractivity contribution in [3.63, 3.8) is 0 Å². The highest BCUT2D eigenvalue weighted by Gasteiger charge is 2.23. The van der Waals surface area contributed by atoms with Crippen LogP contribution in [0.15, 0.2) is 23.1 Å². The summed E-state index contributed by atoms with van der Waals surface area (Å²) in [6, 6.07) is 4.74. The zero-order valence-corrected chi connectivity index (χ0v) is 16.8. The molecule has 1 saturated heterocycles. The number of nitrogens with zero attached hydrogens (tertiary/aromatic N) is 3. The van der Waals surface area contributed by atoms with Gasteiger partial charge < -0.3 is 10.2 Å². The van der Waals surface area contributed by atoms with Crippen LogP contribution in [0.5, 0.6) is 0 Å². The highest BCUT2D eigenvalue weighted by atomic mass is 32.2. The molecule has 8 nitrogen and oxygen atoms in total. The lowest BCUT2D eigenvalue weighted by atomic mass is 10.0. The third-order valence-corrected chi connectivity index (χ3v) is 6.51. The van der Waals surface area contributed by atoms with E-state index in [0.717, 1.165) is 31.5 Å². The molecule has 1 aromatic carbocycles. The fourth-order valence-corrected chi connectivity index (χ4v) is 4.85. The van der Waals surface area contributed by atoms with Crippen LogP contribution in [0.3, 0.4) is 0 Å². The van der Waals surface area contributed by atoms with Crippen LogP contribution >= 0.6 is 0 Å². The van der Waals surface area contributed by atoms with Gasteiger partial charge in [0.05, 0.1) is 22.0 Å². The zero-order valence-electron chi connectivity index (χ0n) is 15.9. The third kappa shape index (κ3) is 3.54. The van der Waals surface area contributed by atoms with Gasteiger partial charge in [0.1, 0.15) is 0 Å². The van der Waals surface area contributed by atoms with Crippen LogP contribution in [0.25, 0.3) is 0 Å². The first kappa shape index (κ1) is 18.7. The Kier molecular flexibility index (Phi) is 4.70. The van der Waals surface area contributed by atoms with Crippen molar-refractivity contribution in [1.29, 1.82) is 0 Å². The number of carbonyl (C=O) groups is 1. The maximum Gasteiger partial charge on any atom is 0.262 e. The Hall–Kier alpha value is -2.68. The molecule has 2 aliphatic heterocycles. The lowest BCUT2D eigenvalue weighted by molar-refractivity contribution is -0.116. The summed E-state index contributed by atoms with van der Waals surface area (Å²) in [5, 5.41) is 2.76. The normalized spacial score (nSPS) is 16.6. The quantitative estimate of drug-likeness (QED) is 0.815. The SMILES string of the molecule is Cc1nc(N2CCCC2)nc(C)c1NS(=O)(=O)c1ccc2c(c1)CCC(=O)N2. The van der Waals surface area contributed by atoms with Crippen LogP contribution in [0, 0.1) is 13.8 Å². The van der Waals surface area contributed by atoms with Crippen LogP contribution < -0.4 is 14.9 Å². The number of amides is 1. The van der Waals surface area contributed by atoms with E-state index in [9.17, 15) is 13.2 Å². The predicted octanol–water partition coefficient (Wildman–Crippen LogP) is 2.38. The maximum atomic E-state index is 12.9. The summed E-state index contributed by atoms with van der Waals surface area (Å²) < 4.78 is 28.5. The average Bonchev–Trinajstić information content (AvgIpc) is 3.19. The number of aromatic nitrogens is 2. The summed E-state index contributed by atoms with van der Waals surface area (Å²) in [4.78, 5) is 22.8. The second-order valence-electron chi connectivity index (χ2n) is 7.24. The molecular formula is C19H23N5O3S. The minimum atomic E-state index is -3.79. The van der Waals surface area contributed by atoms with Crippen molar-refractivity contribution >= 4 is 33.3 Å². The van der Waals surface area contributed by atoms with Gasteiger partial charge in [0.25, 0.3) is 10.0 Å². The van der Waals surface area contributed by atoms with Gasteiger partial charge in [-0.05, 0) is 56.9 Å². The number of nitrogens with one attached hydrogen (secondary N) is 2. The summed E-state index contributed by atoms with van der Waals surface area (Å²) in [7, 11) is -3.79. The van der Waals surface area contributed by atoms with E-state index in [2.05, 4.69) is 24.9 Å². The molecule has 0 bridgehead atoms. The topological polar surface area (TPSA) is 104 Å². The van der Waals surface area contributed by atoms with Crippen molar-refractivity contribution in [3.05, 3.63) is 35.2 Å². The van der Waals surface area contributed by atoms with Gasteiger partial charge in [-0.3, -0.25) is 9.52 Å². The number of rotatable bonds is 4. The van der Waals surface area contributed by atoms with Gasteiger partial charge in [0.2, 0.25) is 11.9 Å². The highest BCUT2D eigenvalue weighted by molar-refractivity contribution is 7.92. The molecule has 1 aromatic heterocycles. The van der Waals surface area contributed by atoms with Gasteiger partial charge in [-0.15, -0.1) is 0 Å². The van der Waals surface area contributed by atoms with Crippen molar-refractivity contribution in [2.24, 2.45) is 0 Å². The summed E-state index contributed by atoms with van der Waals surface area (Å²) in [5.41, 5.74) is 3.10. The molecule has 0 atom stereocenters. The van der Waals surface area contributed by atoms with Gasteiger partial charge in [-0.25, -0.2) is 18.4 Å². The monoisotopic (exact) mass is 401 g/mol. The summed E-state index contributed by atoms with van der Waals surface area (Å²) in [5.74, 6) is 0.600. The smallest absolute Gasteiger partial charge is 0.262 e. The summed E-state index contributed by atoms with van der Waals surface area (Å²) >= 11 is 0. The number of fused-ring (bicyclic) bond motifs is 1. The first-order valence-electron chi connectivity index (χ1n) is 9.39. The number of hydrogen-bond donors (Lipinski definition) is 2. The minimum Gasteiger partial charge on any atom is -0.341 e. The molecule has 148 valence electrons. The van der Waals surface area contributed by atoms with Crippen LogP contribution in [0.2, 0.25) is 0 Å². The van der Waals surface area contributed by atoms with E-state index >= 15 is 0 Å². The fourth-order valence-electron chi connectivity index (χ4n) is 3.63. The molecule has 2 aromatic rings. The van der Waals surface area contributed by atoms with E-state index < -0.39 is 10.0 Å². The second-order valence-corrected chi connectivity index (χ2v) is 8.92. The van der Waals surface area contributed by atoms with Crippen molar-refractivity contribution < 1.29 is 13.2 Å². The molecule has 2 aliphatic rings. The van der Waals surface area contributed by atoms with Gasteiger partial charge in [-0.1, -0.05) is 0 Å². The molecule has 4 rings (SSSR count). The van der Waals surface area contributed by atoms with E-state index in [0.29, 0.717) is 41.6 Å². The number of carbonyl (C=O) groups excluding carboxylic acids is 1. The Morgan fingerprint density at radius 1 is 1.07 bits per heavy atom. The van der Waals surface area contributed by atoms with E-state index in [-0.39, 0.29) is 10.8 Å². The summed E-state index contributed by atoms with van der Waals surface area (Å²) in [6.07, 6.45) is 3.12. The average molecular weight is 401 g/mol. The Morgan fingerprint density at radius 2 is 1.75 bits per heavy atom. The Morgan fingerprint density at radius 3 is 2.43 bits per heavy atom. The summed E-state index contributed by atoms with van der Waals surface area (Å²) in [6.45, 7) is 5.42. The molecule has 3 heterocycles. The number of anilines is 3. The third-order valence-electron chi connectivity index (χ3n) is 5.17. The molecule has 9 heteroatoms. The van der Waals surface area contributed by atoms with Crippen molar-refractivity contribution in [2.75, 3.05) is 28.0 Å². The first-order chi connectivity index (χ1) is 13.3.